The van der Waals surface area contributed by atoms with Crippen molar-refractivity contribution in [3.8, 4) is 11.5 Å². The number of halogens is 5. The predicted molar refractivity (Wildman–Crippen MR) is 70.7 cm³/mol. The summed E-state index contributed by atoms with van der Waals surface area (Å²) in [5.41, 5.74) is -0.901. The number of hydrogen-bond acceptors (Lipinski definition) is 1. The van der Waals surface area contributed by atoms with Crippen molar-refractivity contribution in [3.63, 3.8) is 0 Å². The number of para-hydroxylation sites is 1. The predicted octanol–water partition coefficient (Wildman–Crippen LogP) is 5.91. The molecule has 0 saturated heterocycles. The van der Waals surface area contributed by atoms with Crippen molar-refractivity contribution in [2.45, 2.75) is 6.18 Å². The third-order valence-corrected chi connectivity index (χ3v) is 3.73. The molecule has 0 N–H and O–H groups in total. The van der Waals surface area contributed by atoms with E-state index in [2.05, 4.69) is 15.9 Å². The van der Waals surface area contributed by atoms with Crippen molar-refractivity contribution >= 4 is 27.5 Å². The average molecular weight is 352 g/mol. The summed E-state index contributed by atoms with van der Waals surface area (Å²) in [5, 5.41) is -0.416. The molecule has 0 aliphatic heterocycles. The monoisotopic (exact) mass is 350 g/mol. The van der Waals surface area contributed by atoms with Crippen LogP contribution in [0, 0.1) is 0 Å². The van der Waals surface area contributed by atoms with E-state index in [0.29, 0.717) is 5.75 Å². The molecule has 2 aromatic rings. The highest BCUT2D eigenvalue weighted by atomic mass is 79.9. The molecular weight excluding hydrogens is 344 g/mol. The zero-order valence-electron chi connectivity index (χ0n) is 9.34. The molecular formula is C13H7BrClF3O. The molecule has 0 saturated carbocycles. The highest BCUT2D eigenvalue weighted by molar-refractivity contribution is 9.10. The molecule has 2 rings (SSSR count). The van der Waals surface area contributed by atoms with Gasteiger partial charge in [0.2, 0.25) is 0 Å². The number of benzene rings is 2. The van der Waals surface area contributed by atoms with Gasteiger partial charge in [-0.25, -0.2) is 0 Å². The fraction of sp³-hybridized carbons (Fsp3) is 0.0769. The van der Waals surface area contributed by atoms with Crippen molar-refractivity contribution in [2.24, 2.45) is 0 Å². The van der Waals surface area contributed by atoms with E-state index in [1.807, 2.05) is 6.07 Å². The van der Waals surface area contributed by atoms with E-state index >= 15 is 0 Å². The zero-order valence-corrected chi connectivity index (χ0v) is 11.7. The van der Waals surface area contributed by atoms with Crippen molar-refractivity contribution in [1.29, 1.82) is 0 Å². The topological polar surface area (TPSA) is 9.23 Å². The summed E-state index contributed by atoms with van der Waals surface area (Å²) >= 11 is 8.73. The summed E-state index contributed by atoms with van der Waals surface area (Å²) in [5.74, 6) is 0.739. The van der Waals surface area contributed by atoms with E-state index in [9.17, 15) is 13.2 Å². The molecule has 0 heterocycles. The Hall–Kier alpha value is -1.20. The van der Waals surface area contributed by atoms with Gasteiger partial charge in [-0.05, 0) is 40.2 Å². The summed E-state index contributed by atoms with van der Waals surface area (Å²) in [7, 11) is 0. The SMILES string of the molecule is FC(F)(F)c1ccc(Oc2ccccc2)c(Br)c1Cl. The Morgan fingerprint density at radius 1 is 1.00 bits per heavy atom. The van der Waals surface area contributed by atoms with E-state index in [1.165, 1.54) is 6.07 Å². The van der Waals surface area contributed by atoms with Crippen LogP contribution in [0.15, 0.2) is 46.9 Å². The Labute approximate surface area is 121 Å². The molecule has 0 aliphatic carbocycles. The van der Waals surface area contributed by atoms with Gasteiger partial charge >= 0.3 is 6.18 Å². The molecule has 6 heteroatoms. The molecule has 0 radical (unpaired) electrons. The van der Waals surface area contributed by atoms with Gasteiger partial charge < -0.3 is 4.74 Å². The van der Waals surface area contributed by atoms with E-state index < -0.39 is 16.8 Å². The fourth-order valence-electron chi connectivity index (χ4n) is 1.45. The summed E-state index contributed by atoms with van der Waals surface area (Å²) in [6.45, 7) is 0. The van der Waals surface area contributed by atoms with E-state index in [0.717, 1.165) is 6.07 Å². The van der Waals surface area contributed by atoms with Crippen LogP contribution >= 0.6 is 27.5 Å². The lowest BCUT2D eigenvalue weighted by atomic mass is 10.2. The van der Waals surface area contributed by atoms with Gasteiger partial charge in [-0.3, -0.25) is 0 Å². The van der Waals surface area contributed by atoms with Crippen LogP contribution in [0.1, 0.15) is 5.56 Å². The molecule has 1 nitrogen and oxygen atoms in total. The van der Waals surface area contributed by atoms with Crippen LogP contribution in [0.25, 0.3) is 0 Å². The number of ether oxygens (including phenoxy) is 1. The summed E-state index contributed by atoms with van der Waals surface area (Å²) in [4.78, 5) is 0. The first-order chi connectivity index (χ1) is 8.89. The van der Waals surface area contributed by atoms with Gasteiger partial charge in [0.15, 0.2) is 0 Å². The molecule has 19 heavy (non-hydrogen) atoms. The van der Waals surface area contributed by atoms with Gasteiger partial charge in [0.1, 0.15) is 11.5 Å². The Balaban J connectivity index is 2.37. The van der Waals surface area contributed by atoms with Crippen LogP contribution in [0.2, 0.25) is 5.02 Å². The Bertz CT molecular complexity index is 584. The summed E-state index contributed by atoms with van der Waals surface area (Å²) in [6, 6.07) is 10.8. The third kappa shape index (κ3) is 3.22. The molecule has 0 aromatic heterocycles. The standard InChI is InChI=1S/C13H7BrClF3O/c14-11-10(19-8-4-2-1-3-5-8)7-6-9(12(11)15)13(16,17)18/h1-7H. The molecule has 0 fully saturated rings. The number of hydrogen-bond donors (Lipinski definition) is 0. The van der Waals surface area contributed by atoms with Crippen molar-refractivity contribution < 1.29 is 17.9 Å². The average Bonchev–Trinajstić information content (AvgIpc) is 2.35. The molecule has 0 bridgehead atoms. The molecule has 100 valence electrons. The largest absolute Gasteiger partial charge is 0.456 e. The minimum atomic E-state index is -4.50. The fourth-order valence-corrected chi connectivity index (χ4v) is 2.13. The van der Waals surface area contributed by atoms with Gasteiger partial charge in [-0.15, -0.1) is 0 Å². The smallest absolute Gasteiger partial charge is 0.417 e. The lowest BCUT2D eigenvalue weighted by Gasteiger charge is -2.13. The van der Waals surface area contributed by atoms with Crippen LogP contribution in [-0.2, 0) is 6.18 Å². The number of alkyl halides is 3. The highest BCUT2D eigenvalue weighted by Crippen LogP contribution is 2.43. The second-order valence-corrected chi connectivity index (χ2v) is 4.82. The maximum atomic E-state index is 12.6. The third-order valence-electron chi connectivity index (χ3n) is 2.32. The number of rotatable bonds is 2. The molecule has 0 amide bonds. The van der Waals surface area contributed by atoms with Crippen LogP contribution < -0.4 is 4.74 Å². The molecule has 0 spiro atoms. The first kappa shape index (κ1) is 14.2. The second-order valence-electron chi connectivity index (χ2n) is 3.65. The summed E-state index contributed by atoms with van der Waals surface area (Å²) in [6.07, 6.45) is -4.50. The quantitative estimate of drug-likeness (QED) is 0.653. The van der Waals surface area contributed by atoms with Gasteiger partial charge in [0.25, 0.3) is 0 Å². The maximum Gasteiger partial charge on any atom is 0.417 e. The maximum absolute atomic E-state index is 12.6. The lowest BCUT2D eigenvalue weighted by molar-refractivity contribution is -0.137. The van der Waals surface area contributed by atoms with Crippen LogP contribution in [0.4, 0.5) is 13.2 Å². The van der Waals surface area contributed by atoms with Gasteiger partial charge in [0.05, 0.1) is 15.1 Å². The Morgan fingerprint density at radius 3 is 2.21 bits per heavy atom. The molecule has 0 atom stereocenters. The van der Waals surface area contributed by atoms with E-state index in [4.69, 9.17) is 16.3 Å². The highest BCUT2D eigenvalue weighted by Gasteiger charge is 2.34. The first-order valence-corrected chi connectivity index (χ1v) is 6.35. The van der Waals surface area contributed by atoms with E-state index in [1.54, 1.807) is 24.3 Å². The minimum absolute atomic E-state index is 0.0767. The summed E-state index contributed by atoms with van der Waals surface area (Å²) < 4.78 is 43.5. The Morgan fingerprint density at radius 2 is 1.63 bits per heavy atom. The molecule has 0 unspecified atom stereocenters. The van der Waals surface area contributed by atoms with Crippen LogP contribution in [-0.4, -0.2) is 0 Å². The van der Waals surface area contributed by atoms with Gasteiger partial charge in [-0.2, -0.15) is 13.2 Å². The van der Waals surface area contributed by atoms with Gasteiger partial charge in [0, 0.05) is 0 Å². The lowest BCUT2D eigenvalue weighted by Crippen LogP contribution is -2.06. The second kappa shape index (κ2) is 5.43. The van der Waals surface area contributed by atoms with Crippen LogP contribution in [0.3, 0.4) is 0 Å². The molecule has 2 aromatic carbocycles. The zero-order chi connectivity index (χ0) is 14.0. The Kier molecular flexibility index (Phi) is 4.06. The first-order valence-electron chi connectivity index (χ1n) is 5.17. The van der Waals surface area contributed by atoms with Crippen molar-refractivity contribution in [3.05, 3.63) is 57.5 Å². The van der Waals surface area contributed by atoms with E-state index in [-0.39, 0.29) is 10.2 Å². The van der Waals surface area contributed by atoms with Gasteiger partial charge in [-0.1, -0.05) is 29.8 Å². The normalized spacial score (nSPS) is 11.4. The molecule has 0 aliphatic rings. The van der Waals surface area contributed by atoms with Crippen molar-refractivity contribution in [1.82, 2.24) is 0 Å². The van der Waals surface area contributed by atoms with Crippen LogP contribution in [0.5, 0.6) is 11.5 Å². The van der Waals surface area contributed by atoms with Crippen molar-refractivity contribution in [2.75, 3.05) is 0 Å². The minimum Gasteiger partial charge on any atom is -0.456 e.